The van der Waals surface area contributed by atoms with Crippen molar-refractivity contribution in [2.24, 2.45) is 20.5 Å². The predicted octanol–water partition coefficient (Wildman–Crippen LogP) is 10.2. The molecule has 266 valence electrons. The van der Waals surface area contributed by atoms with Gasteiger partial charge in [0.15, 0.2) is 22.9 Å². The number of phenols is 2. The van der Waals surface area contributed by atoms with Crippen molar-refractivity contribution in [3.05, 3.63) is 92.9 Å². The molecular formula is C32H20Cl4N6O8S2. The van der Waals surface area contributed by atoms with Crippen LogP contribution in [0.3, 0.4) is 0 Å². The molecule has 6 aromatic rings. The highest BCUT2D eigenvalue weighted by atomic mass is 35.5. The van der Waals surface area contributed by atoms with Crippen LogP contribution in [0.1, 0.15) is 0 Å². The second-order valence-electron chi connectivity index (χ2n) is 10.9. The van der Waals surface area contributed by atoms with Crippen molar-refractivity contribution in [2.75, 3.05) is 11.5 Å². The van der Waals surface area contributed by atoms with Gasteiger partial charge in [-0.15, -0.1) is 20.5 Å². The standard InChI is InChI=1S/C32H20Cl4N6O8S2/c33-19-9-13(10-20(34)25(19)39-41-27-23(37)15-5-1-3-7-17(15)31(29(27)43)51(45,46)47)14-11-21(35)26(22(36)12-14)40-42-28-24(38)16-6-2-4-8-18(16)32(30(28)44)52(48,49)50/h1-12,43-44H,37-38H2,(H,45,46,47)(H,48,49,50)/b41-39+,42-40+. The van der Waals surface area contributed by atoms with Crippen molar-refractivity contribution >= 4 is 122 Å². The van der Waals surface area contributed by atoms with Crippen LogP contribution in [0.4, 0.5) is 34.1 Å². The average molecular weight is 822 g/mol. The number of benzene rings is 6. The molecule has 0 aliphatic rings. The van der Waals surface area contributed by atoms with Crippen LogP contribution >= 0.6 is 46.4 Å². The first-order valence-electron chi connectivity index (χ1n) is 14.2. The summed E-state index contributed by atoms with van der Waals surface area (Å²) in [6, 6.07) is 17.5. The van der Waals surface area contributed by atoms with E-state index >= 15 is 0 Å². The average Bonchev–Trinajstić information content (AvgIpc) is 3.05. The van der Waals surface area contributed by atoms with E-state index in [1.54, 1.807) is 12.1 Å². The molecule has 0 spiro atoms. The van der Waals surface area contributed by atoms with E-state index < -0.39 is 52.9 Å². The molecule has 0 bridgehead atoms. The van der Waals surface area contributed by atoms with Crippen molar-refractivity contribution in [2.45, 2.75) is 9.79 Å². The summed E-state index contributed by atoms with van der Waals surface area (Å²) in [6.45, 7) is 0. The fourth-order valence-electron chi connectivity index (χ4n) is 5.39. The van der Waals surface area contributed by atoms with Gasteiger partial charge in [-0.1, -0.05) is 94.9 Å². The zero-order chi connectivity index (χ0) is 37.9. The first-order chi connectivity index (χ1) is 24.4. The van der Waals surface area contributed by atoms with Gasteiger partial charge in [0.05, 0.1) is 31.5 Å². The lowest BCUT2D eigenvalue weighted by Crippen LogP contribution is -2.02. The van der Waals surface area contributed by atoms with Gasteiger partial charge < -0.3 is 21.7 Å². The van der Waals surface area contributed by atoms with Gasteiger partial charge in [-0.05, 0) is 35.4 Å². The molecule has 0 saturated carbocycles. The topological polar surface area (TPSA) is 251 Å². The summed E-state index contributed by atoms with van der Waals surface area (Å²) in [5.74, 6) is -1.88. The van der Waals surface area contributed by atoms with Crippen LogP contribution < -0.4 is 11.5 Å². The van der Waals surface area contributed by atoms with Crippen LogP contribution in [0.15, 0.2) is 103 Å². The molecular weight excluding hydrogens is 802 g/mol. The van der Waals surface area contributed by atoms with E-state index in [-0.39, 0.29) is 64.4 Å². The number of nitrogen functional groups attached to an aromatic ring is 2. The number of anilines is 2. The van der Waals surface area contributed by atoms with Gasteiger partial charge in [0.1, 0.15) is 21.2 Å². The van der Waals surface area contributed by atoms with E-state index in [1.165, 1.54) is 60.7 Å². The van der Waals surface area contributed by atoms with Gasteiger partial charge in [-0.25, -0.2) is 0 Å². The minimum Gasteiger partial charge on any atom is -0.504 e. The third-order valence-corrected chi connectivity index (χ3v) is 10.7. The molecule has 0 fully saturated rings. The largest absolute Gasteiger partial charge is 0.504 e. The lowest BCUT2D eigenvalue weighted by Gasteiger charge is -2.13. The minimum absolute atomic E-state index is 0.0357. The molecule has 20 heteroatoms. The SMILES string of the molecule is Nc1c(/N=N/c2c(Cl)cc(-c3cc(Cl)c(/N=N/c4c(O)c(S(=O)(=O)O)c5ccccc5c4N)c(Cl)c3)cc2Cl)c(O)c(S(=O)(=O)O)c2ccccc12. The van der Waals surface area contributed by atoms with Gasteiger partial charge in [-0.3, -0.25) is 9.11 Å². The number of nitrogens with zero attached hydrogens (tertiary/aromatic N) is 4. The summed E-state index contributed by atoms with van der Waals surface area (Å²) in [7, 11) is -9.85. The van der Waals surface area contributed by atoms with E-state index in [9.17, 15) is 36.2 Å². The van der Waals surface area contributed by atoms with Crippen LogP contribution in [0.25, 0.3) is 32.7 Å². The van der Waals surface area contributed by atoms with Crippen molar-refractivity contribution in [1.29, 1.82) is 0 Å². The summed E-state index contributed by atoms with van der Waals surface area (Å²) in [4.78, 5) is -1.62. The normalized spacial score (nSPS) is 12.5. The van der Waals surface area contributed by atoms with E-state index in [4.69, 9.17) is 57.9 Å². The molecule has 0 heterocycles. The Morgan fingerprint density at radius 1 is 0.481 bits per heavy atom. The molecule has 14 nitrogen and oxygen atoms in total. The summed E-state index contributed by atoms with van der Waals surface area (Å²) >= 11 is 26.0. The summed E-state index contributed by atoms with van der Waals surface area (Å²) in [5, 5.41) is 37.5. The zero-order valence-corrected chi connectivity index (χ0v) is 30.3. The zero-order valence-electron chi connectivity index (χ0n) is 25.6. The molecule has 6 rings (SSSR count). The number of aromatic hydroxyl groups is 2. The summed E-state index contributed by atoms with van der Waals surface area (Å²) in [5.41, 5.74) is 11.8. The highest BCUT2D eigenvalue weighted by Crippen LogP contribution is 2.49. The van der Waals surface area contributed by atoms with Gasteiger partial charge in [0.25, 0.3) is 20.2 Å². The predicted molar refractivity (Wildman–Crippen MR) is 200 cm³/mol. The molecule has 0 atom stereocenters. The quantitative estimate of drug-likeness (QED) is 0.0505. The highest BCUT2D eigenvalue weighted by molar-refractivity contribution is 7.86. The maximum atomic E-state index is 12.1. The lowest BCUT2D eigenvalue weighted by atomic mass is 10.0. The van der Waals surface area contributed by atoms with E-state index in [0.29, 0.717) is 11.1 Å². The minimum atomic E-state index is -4.92. The maximum Gasteiger partial charge on any atom is 0.298 e. The summed E-state index contributed by atoms with van der Waals surface area (Å²) in [6.07, 6.45) is 0. The number of rotatable bonds is 7. The van der Waals surface area contributed by atoms with Gasteiger partial charge >= 0.3 is 0 Å². The Morgan fingerprint density at radius 2 is 0.750 bits per heavy atom. The van der Waals surface area contributed by atoms with Gasteiger partial charge in [-0.2, -0.15) is 16.8 Å². The summed E-state index contributed by atoms with van der Waals surface area (Å²) < 4.78 is 68.2. The van der Waals surface area contributed by atoms with E-state index in [0.717, 1.165) is 0 Å². The first-order valence-corrected chi connectivity index (χ1v) is 18.6. The Labute approximate surface area is 314 Å². The van der Waals surface area contributed by atoms with Crippen LogP contribution in [-0.2, 0) is 20.2 Å². The molecule has 0 saturated heterocycles. The highest BCUT2D eigenvalue weighted by Gasteiger charge is 2.27. The van der Waals surface area contributed by atoms with Crippen LogP contribution in [0.2, 0.25) is 20.1 Å². The Morgan fingerprint density at radius 3 is 1.04 bits per heavy atom. The first kappa shape index (κ1) is 37.0. The molecule has 0 aromatic heterocycles. The second-order valence-corrected chi connectivity index (χ2v) is 15.2. The third kappa shape index (κ3) is 6.66. The van der Waals surface area contributed by atoms with Gasteiger partial charge in [0.2, 0.25) is 0 Å². The lowest BCUT2D eigenvalue weighted by molar-refractivity contribution is 0.444. The van der Waals surface area contributed by atoms with Crippen LogP contribution in [-0.4, -0.2) is 36.2 Å². The third-order valence-electron chi connectivity index (χ3n) is 7.70. The molecule has 0 amide bonds. The van der Waals surface area contributed by atoms with Crippen molar-refractivity contribution in [3.8, 4) is 22.6 Å². The number of hydrogen-bond donors (Lipinski definition) is 6. The number of fused-ring (bicyclic) bond motifs is 2. The number of halogens is 4. The Hall–Kier alpha value is -4.78. The van der Waals surface area contributed by atoms with Crippen molar-refractivity contribution in [3.63, 3.8) is 0 Å². The molecule has 0 radical (unpaired) electrons. The number of phenolic OH excluding ortho intramolecular Hbond substituents is 2. The monoisotopic (exact) mass is 820 g/mol. The fourth-order valence-corrected chi connectivity index (χ4v) is 8.11. The van der Waals surface area contributed by atoms with Gasteiger partial charge in [0, 0.05) is 21.5 Å². The molecule has 8 N–H and O–H groups in total. The molecule has 52 heavy (non-hydrogen) atoms. The Balaban J connectivity index is 1.37. The Bertz CT molecular complexity index is 2560. The molecule has 0 aliphatic carbocycles. The van der Waals surface area contributed by atoms with E-state index in [2.05, 4.69) is 20.5 Å². The smallest absolute Gasteiger partial charge is 0.298 e. The molecule has 6 aromatic carbocycles. The van der Waals surface area contributed by atoms with Crippen molar-refractivity contribution in [1.82, 2.24) is 0 Å². The van der Waals surface area contributed by atoms with Crippen LogP contribution in [0.5, 0.6) is 11.5 Å². The fraction of sp³-hybridized carbons (Fsp3) is 0. The molecule has 0 unspecified atom stereocenters. The molecule has 0 aliphatic heterocycles. The van der Waals surface area contributed by atoms with Crippen LogP contribution in [0, 0.1) is 0 Å². The maximum absolute atomic E-state index is 12.1. The van der Waals surface area contributed by atoms with Crippen molar-refractivity contribution < 1.29 is 36.2 Å². The second kappa shape index (κ2) is 13.6. The number of hydrogen-bond acceptors (Lipinski definition) is 12. The Kier molecular flexibility index (Phi) is 9.71. The van der Waals surface area contributed by atoms with E-state index in [1.807, 2.05) is 0 Å². The number of azo groups is 2. The number of nitrogens with two attached hydrogens (primary N) is 2.